The molecular formula is C14H21NO2. The highest BCUT2D eigenvalue weighted by molar-refractivity contribution is 5.80. The smallest absolute Gasteiger partial charge is 0.226 e. The molecule has 17 heavy (non-hydrogen) atoms. The van der Waals surface area contributed by atoms with Crippen molar-refractivity contribution in [1.82, 2.24) is 4.90 Å². The lowest BCUT2D eigenvalue weighted by Gasteiger charge is -2.38. The summed E-state index contributed by atoms with van der Waals surface area (Å²) in [5.41, 5.74) is 1.34. The Bertz CT molecular complexity index is 317. The van der Waals surface area contributed by atoms with Gasteiger partial charge in [-0.3, -0.25) is 4.79 Å². The predicted molar refractivity (Wildman–Crippen MR) is 65.6 cm³/mol. The molecule has 1 amide bonds. The first-order chi connectivity index (χ1) is 8.25. The third-order valence-electron chi connectivity index (χ3n) is 4.49. The van der Waals surface area contributed by atoms with E-state index in [9.17, 15) is 4.79 Å². The number of rotatable bonds is 1. The molecule has 2 unspecified atom stereocenters. The number of hydrogen-bond acceptors (Lipinski definition) is 2. The number of nitrogens with zero attached hydrogens (tertiary/aromatic N) is 1. The molecule has 3 saturated heterocycles. The van der Waals surface area contributed by atoms with Crippen molar-refractivity contribution in [3.05, 3.63) is 12.2 Å². The van der Waals surface area contributed by atoms with Gasteiger partial charge in [0.1, 0.15) is 0 Å². The highest BCUT2D eigenvalue weighted by Gasteiger charge is 2.42. The first kappa shape index (κ1) is 11.3. The molecule has 3 rings (SSSR count). The van der Waals surface area contributed by atoms with Gasteiger partial charge in [-0.1, -0.05) is 12.2 Å². The van der Waals surface area contributed by atoms with E-state index in [4.69, 9.17) is 4.74 Å². The minimum absolute atomic E-state index is 0.221. The summed E-state index contributed by atoms with van der Waals surface area (Å²) in [6.45, 7) is 5.62. The van der Waals surface area contributed by atoms with Crippen LogP contribution in [-0.4, -0.2) is 36.1 Å². The van der Waals surface area contributed by atoms with Crippen LogP contribution in [0, 0.1) is 5.92 Å². The van der Waals surface area contributed by atoms with Gasteiger partial charge in [-0.2, -0.15) is 0 Å². The van der Waals surface area contributed by atoms with Crippen LogP contribution in [0.1, 0.15) is 38.5 Å². The summed E-state index contributed by atoms with van der Waals surface area (Å²) in [6.07, 6.45) is 6.25. The maximum atomic E-state index is 12.6. The van der Waals surface area contributed by atoms with Crippen molar-refractivity contribution in [3.63, 3.8) is 0 Å². The average Bonchev–Trinajstić information content (AvgIpc) is 2.62. The SMILES string of the molecule is C=C1CC2CCC(C1)N2C(=O)C1CCOCC1. The van der Waals surface area contributed by atoms with Crippen molar-refractivity contribution in [2.24, 2.45) is 5.92 Å². The van der Waals surface area contributed by atoms with Crippen molar-refractivity contribution < 1.29 is 9.53 Å². The van der Waals surface area contributed by atoms with Gasteiger partial charge >= 0.3 is 0 Å². The molecule has 0 aromatic carbocycles. The Morgan fingerprint density at radius 1 is 1.12 bits per heavy atom. The highest BCUT2D eigenvalue weighted by atomic mass is 16.5. The van der Waals surface area contributed by atoms with E-state index < -0.39 is 0 Å². The van der Waals surface area contributed by atoms with Gasteiger partial charge in [0.25, 0.3) is 0 Å². The van der Waals surface area contributed by atoms with E-state index in [1.54, 1.807) is 0 Å². The molecule has 3 aliphatic heterocycles. The summed E-state index contributed by atoms with van der Waals surface area (Å²) in [6, 6.07) is 0.910. The lowest BCUT2D eigenvalue weighted by atomic mass is 9.93. The molecule has 0 aliphatic carbocycles. The highest BCUT2D eigenvalue weighted by Crippen LogP contribution is 2.39. The summed E-state index contributed by atoms with van der Waals surface area (Å²) < 4.78 is 5.34. The lowest BCUT2D eigenvalue weighted by Crippen LogP contribution is -2.48. The van der Waals surface area contributed by atoms with Gasteiger partial charge in [0.15, 0.2) is 0 Å². The molecule has 94 valence electrons. The molecule has 3 heterocycles. The molecule has 2 atom stereocenters. The molecule has 0 spiro atoms. The van der Waals surface area contributed by atoms with Gasteiger partial charge in [0, 0.05) is 31.2 Å². The fraction of sp³-hybridized carbons (Fsp3) is 0.786. The van der Waals surface area contributed by atoms with Crippen LogP contribution in [0.2, 0.25) is 0 Å². The molecule has 3 nitrogen and oxygen atoms in total. The summed E-state index contributed by atoms with van der Waals surface area (Å²) in [7, 11) is 0. The van der Waals surface area contributed by atoms with Gasteiger partial charge in [-0.15, -0.1) is 0 Å². The molecule has 0 N–H and O–H groups in total. The van der Waals surface area contributed by atoms with Crippen LogP contribution in [0.5, 0.6) is 0 Å². The van der Waals surface area contributed by atoms with Crippen LogP contribution < -0.4 is 0 Å². The summed E-state index contributed by atoms with van der Waals surface area (Å²) >= 11 is 0. The fourth-order valence-corrected chi connectivity index (χ4v) is 3.63. The second-order valence-electron chi connectivity index (χ2n) is 5.68. The number of fused-ring (bicyclic) bond motifs is 2. The molecule has 0 aromatic heterocycles. The zero-order valence-electron chi connectivity index (χ0n) is 10.4. The van der Waals surface area contributed by atoms with Crippen LogP contribution in [0.4, 0.5) is 0 Å². The third kappa shape index (κ3) is 2.01. The topological polar surface area (TPSA) is 29.5 Å². The molecule has 2 bridgehead atoms. The van der Waals surface area contributed by atoms with Crippen LogP contribution in [0.15, 0.2) is 12.2 Å². The quantitative estimate of drug-likeness (QED) is 0.652. The molecule has 0 aromatic rings. The van der Waals surface area contributed by atoms with Crippen molar-refractivity contribution in [1.29, 1.82) is 0 Å². The van der Waals surface area contributed by atoms with Crippen molar-refractivity contribution in [2.45, 2.75) is 50.6 Å². The van der Waals surface area contributed by atoms with E-state index in [-0.39, 0.29) is 5.92 Å². The number of carbonyl (C=O) groups is 1. The van der Waals surface area contributed by atoms with E-state index in [0.717, 1.165) is 38.9 Å². The van der Waals surface area contributed by atoms with E-state index >= 15 is 0 Å². The number of amides is 1. The first-order valence-electron chi connectivity index (χ1n) is 6.82. The van der Waals surface area contributed by atoms with Crippen molar-refractivity contribution >= 4 is 5.91 Å². The summed E-state index contributed by atoms with van der Waals surface area (Å²) in [4.78, 5) is 14.8. The Kier molecular flexibility index (Phi) is 2.95. The Morgan fingerprint density at radius 3 is 2.29 bits per heavy atom. The summed E-state index contributed by atoms with van der Waals surface area (Å²) in [5.74, 6) is 0.617. The Balaban J connectivity index is 1.71. The number of hydrogen-bond donors (Lipinski definition) is 0. The largest absolute Gasteiger partial charge is 0.381 e. The van der Waals surface area contributed by atoms with Gasteiger partial charge in [-0.05, 0) is 38.5 Å². The Labute approximate surface area is 103 Å². The zero-order valence-corrected chi connectivity index (χ0v) is 10.4. The Hall–Kier alpha value is -0.830. The molecule has 0 saturated carbocycles. The summed E-state index contributed by atoms with van der Waals surface area (Å²) in [5, 5.41) is 0. The second kappa shape index (κ2) is 4.45. The predicted octanol–water partition coefficient (Wildman–Crippen LogP) is 2.12. The molecule has 3 aliphatic rings. The second-order valence-corrected chi connectivity index (χ2v) is 5.68. The van der Waals surface area contributed by atoms with Crippen LogP contribution in [0.25, 0.3) is 0 Å². The monoisotopic (exact) mass is 235 g/mol. The maximum absolute atomic E-state index is 12.6. The van der Waals surface area contributed by atoms with E-state index in [1.807, 2.05) is 0 Å². The van der Waals surface area contributed by atoms with Crippen LogP contribution in [0.3, 0.4) is 0 Å². The molecular weight excluding hydrogens is 214 g/mol. The van der Waals surface area contributed by atoms with Gasteiger partial charge in [-0.25, -0.2) is 0 Å². The first-order valence-corrected chi connectivity index (χ1v) is 6.82. The maximum Gasteiger partial charge on any atom is 0.226 e. The molecule has 3 fully saturated rings. The molecule has 3 heteroatoms. The minimum Gasteiger partial charge on any atom is -0.381 e. The zero-order chi connectivity index (χ0) is 11.8. The van der Waals surface area contributed by atoms with E-state index in [0.29, 0.717) is 18.0 Å². The number of piperidine rings is 1. The van der Waals surface area contributed by atoms with E-state index in [1.165, 1.54) is 18.4 Å². The lowest BCUT2D eigenvalue weighted by molar-refractivity contribution is -0.142. The minimum atomic E-state index is 0.221. The van der Waals surface area contributed by atoms with E-state index in [2.05, 4.69) is 11.5 Å². The number of ether oxygens (including phenoxy) is 1. The average molecular weight is 235 g/mol. The van der Waals surface area contributed by atoms with Crippen LogP contribution >= 0.6 is 0 Å². The standard InChI is InChI=1S/C14H21NO2/c1-10-8-12-2-3-13(9-10)15(12)14(16)11-4-6-17-7-5-11/h11-13H,1-9H2. The van der Waals surface area contributed by atoms with Gasteiger partial charge in [0.2, 0.25) is 5.91 Å². The number of carbonyl (C=O) groups excluding carboxylic acids is 1. The van der Waals surface area contributed by atoms with Crippen LogP contribution in [-0.2, 0) is 9.53 Å². The Morgan fingerprint density at radius 2 is 1.71 bits per heavy atom. The van der Waals surface area contributed by atoms with Crippen molar-refractivity contribution in [3.8, 4) is 0 Å². The third-order valence-corrected chi connectivity index (χ3v) is 4.49. The normalized spacial score (nSPS) is 34.1. The molecule has 0 radical (unpaired) electrons. The van der Waals surface area contributed by atoms with Gasteiger partial charge < -0.3 is 9.64 Å². The van der Waals surface area contributed by atoms with Gasteiger partial charge in [0.05, 0.1) is 0 Å². The van der Waals surface area contributed by atoms with Crippen molar-refractivity contribution in [2.75, 3.05) is 13.2 Å². The fourth-order valence-electron chi connectivity index (χ4n) is 3.63.